The van der Waals surface area contributed by atoms with Crippen LogP contribution in [0.2, 0.25) is 0 Å². The first-order valence-electron chi connectivity index (χ1n) is 7.03. The number of rotatable bonds is 8. The van der Waals surface area contributed by atoms with Crippen molar-refractivity contribution < 1.29 is 4.74 Å². The second-order valence-corrected chi connectivity index (χ2v) is 5.56. The fraction of sp³-hybridized carbons (Fsp3) is 0.625. The van der Waals surface area contributed by atoms with Crippen molar-refractivity contribution in [2.24, 2.45) is 0 Å². The van der Waals surface area contributed by atoms with Crippen LogP contribution in [0.25, 0.3) is 0 Å². The molecule has 0 radical (unpaired) electrons. The smallest absolute Gasteiger partial charge is 0.0587 e. The first-order chi connectivity index (χ1) is 9.01. The van der Waals surface area contributed by atoms with Crippen LogP contribution in [0.3, 0.4) is 0 Å². The van der Waals surface area contributed by atoms with Crippen LogP contribution in [0, 0.1) is 0 Å². The molecule has 0 atom stereocenters. The van der Waals surface area contributed by atoms with Crippen molar-refractivity contribution in [3.63, 3.8) is 0 Å². The van der Waals surface area contributed by atoms with Gasteiger partial charge in [0.05, 0.1) is 6.61 Å². The Bertz CT molecular complexity index is 360. The summed E-state index contributed by atoms with van der Waals surface area (Å²) in [5, 5.41) is 3.35. The van der Waals surface area contributed by atoms with Gasteiger partial charge in [-0.1, -0.05) is 19.1 Å². The minimum Gasteiger partial charge on any atom is -0.383 e. The molecule has 0 aromatic heterocycles. The Morgan fingerprint density at radius 3 is 2.37 bits per heavy atom. The van der Waals surface area contributed by atoms with E-state index in [-0.39, 0.29) is 5.54 Å². The summed E-state index contributed by atoms with van der Waals surface area (Å²) in [6, 6.07) is 8.78. The maximum Gasteiger partial charge on any atom is 0.0587 e. The van der Waals surface area contributed by atoms with E-state index >= 15 is 0 Å². The van der Waals surface area contributed by atoms with Gasteiger partial charge in [0.15, 0.2) is 0 Å². The first-order valence-corrected chi connectivity index (χ1v) is 7.03. The van der Waals surface area contributed by atoms with E-state index in [1.165, 1.54) is 11.3 Å². The lowest BCUT2D eigenvalue weighted by Gasteiger charge is -2.36. The van der Waals surface area contributed by atoms with Crippen LogP contribution >= 0.6 is 0 Å². The third-order valence-electron chi connectivity index (χ3n) is 3.91. The highest BCUT2D eigenvalue weighted by Crippen LogP contribution is 2.24. The average molecular weight is 264 g/mol. The van der Waals surface area contributed by atoms with E-state index in [0.29, 0.717) is 0 Å². The van der Waals surface area contributed by atoms with Crippen LogP contribution in [0.15, 0.2) is 24.3 Å². The standard InChI is InChI=1S/C16H28N2O/c1-6-16(2,3)18(4)15-9-7-14(8-10-15)13-17-11-12-19-5/h7-10,17H,6,11-13H2,1-5H3. The van der Waals surface area contributed by atoms with Crippen LogP contribution in [-0.4, -0.2) is 32.8 Å². The van der Waals surface area contributed by atoms with Gasteiger partial charge in [0.25, 0.3) is 0 Å². The molecule has 0 unspecified atom stereocenters. The summed E-state index contributed by atoms with van der Waals surface area (Å²) in [6.07, 6.45) is 1.13. The highest BCUT2D eigenvalue weighted by atomic mass is 16.5. The van der Waals surface area contributed by atoms with Gasteiger partial charge >= 0.3 is 0 Å². The Morgan fingerprint density at radius 2 is 1.84 bits per heavy atom. The van der Waals surface area contributed by atoms with E-state index in [9.17, 15) is 0 Å². The van der Waals surface area contributed by atoms with Crippen molar-refractivity contribution in [2.45, 2.75) is 39.3 Å². The Hall–Kier alpha value is -1.06. The number of ether oxygens (including phenoxy) is 1. The maximum atomic E-state index is 5.01. The number of hydrogen-bond donors (Lipinski definition) is 1. The number of methoxy groups -OCH3 is 1. The van der Waals surface area contributed by atoms with Gasteiger partial charge in [0.1, 0.15) is 0 Å². The molecule has 108 valence electrons. The van der Waals surface area contributed by atoms with Gasteiger partial charge in [-0.15, -0.1) is 0 Å². The second-order valence-electron chi connectivity index (χ2n) is 5.56. The maximum absolute atomic E-state index is 5.01. The zero-order valence-electron chi connectivity index (χ0n) is 13.0. The van der Waals surface area contributed by atoms with Gasteiger partial charge < -0.3 is 15.0 Å². The molecular weight excluding hydrogens is 236 g/mol. The number of anilines is 1. The van der Waals surface area contributed by atoms with E-state index in [0.717, 1.165) is 26.1 Å². The summed E-state index contributed by atoms with van der Waals surface area (Å²) in [5.41, 5.74) is 2.77. The molecule has 1 aromatic rings. The van der Waals surface area contributed by atoms with Crippen molar-refractivity contribution in [2.75, 3.05) is 32.2 Å². The van der Waals surface area contributed by atoms with Crippen LogP contribution in [0.1, 0.15) is 32.8 Å². The van der Waals surface area contributed by atoms with Gasteiger partial charge in [-0.05, 0) is 38.0 Å². The van der Waals surface area contributed by atoms with Crippen LogP contribution in [-0.2, 0) is 11.3 Å². The molecule has 1 aromatic carbocycles. The molecule has 0 aliphatic heterocycles. The van der Waals surface area contributed by atoms with Crippen molar-refractivity contribution in [3.8, 4) is 0 Å². The topological polar surface area (TPSA) is 24.5 Å². The van der Waals surface area contributed by atoms with Gasteiger partial charge in [0.2, 0.25) is 0 Å². The zero-order valence-corrected chi connectivity index (χ0v) is 13.0. The van der Waals surface area contributed by atoms with Crippen molar-refractivity contribution >= 4 is 5.69 Å². The Morgan fingerprint density at radius 1 is 1.21 bits per heavy atom. The zero-order chi connectivity index (χ0) is 14.3. The molecule has 0 amide bonds. The number of benzene rings is 1. The molecule has 0 heterocycles. The van der Waals surface area contributed by atoms with E-state index in [1.54, 1.807) is 7.11 Å². The van der Waals surface area contributed by atoms with E-state index in [1.807, 2.05) is 0 Å². The fourth-order valence-electron chi connectivity index (χ4n) is 1.83. The second kappa shape index (κ2) is 7.51. The molecule has 0 aliphatic carbocycles. The van der Waals surface area contributed by atoms with Gasteiger partial charge in [-0.2, -0.15) is 0 Å². The van der Waals surface area contributed by atoms with Crippen molar-refractivity contribution in [1.82, 2.24) is 5.32 Å². The molecular formula is C16H28N2O. The molecule has 0 aliphatic rings. The van der Waals surface area contributed by atoms with Gasteiger partial charge in [0, 0.05) is 38.5 Å². The summed E-state index contributed by atoms with van der Waals surface area (Å²) in [7, 11) is 3.89. The molecule has 3 heteroatoms. The largest absolute Gasteiger partial charge is 0.383 e. The SMILES string of the molecule is CCC(C)(C)N(C)c1ccc(CNCCOC)cc1. The quantitative estimate of drug-likeness (QED) is 0.730. The lowest BCUT2D eigenvalue weighted by atomic mass is 9.99. The Balaban J connectivity index is 2.56. The van der Waals surface area contributed by atoms with E-state index in [2.05, 4.69) is 62.3 Å². The summed E-state index contributed by atoms with van der Waals surface area (Å²) in [5.74, 6) is 0. The van der Waals surface area contributed by atoms with Crippen molar-refractivity contribution in [3.05, 3.63) is 29.8 Å². The number of hydrogen-bond acceptors (Lipinski definition) is 3. The summed E-state index contributed by atoms with van der Waals surface area (Å²) in [6.45, 7) is 9.31. The van der Waals surface area contributed by atoms with E-state index < -0.39 is 0 Å². The van der Waals surface area contributed by atoms with Gasteiger partial charge in [-0.25, -0.2) is 0 Å². The Labute approximate surface area is 118 Å². The summed E-state index contributed by atoms with van der Waals surface area (Å²) < 4.78 is 5.01. The molecule has 0 spiro atoms. The van der Waals surface area contributed by atoms with Crippen LogP contribution < -0.4 is 10.2 Å². The van der Waals surface area contributed by atoms with Crippen LogP contribution in [0.4, 0.5) is 5.69 Å². The third-order valence-corrected chi connectivity index (χ3v) is 3.91. The predicted octanol–water partition coefficient (Wildman–Crippen LogP) is 3.05. The lowest BCUT2D eigenvalue weighted by Crippen LogP contribution is -2.40. The normalized spacial score (nSPS) is 11.6. The number of nitrogens with one attached hydrogen (secondary N) is 1. The summed E-state index contributed by atoms with van der Waals surface area (Å²) in [4.78, 5) is 2.34. The highest BCUT2D eigenvalue weighted by molar-refractivity contribution is 5.49. The number of nitrogens with zero attached hydrogens (tertiary/aromatic N) is 1. The third kappa shape index (κ3) is 4.84. The fourth-order valence-corrected chi connectivity index (χ4v) is 1.83. The van der Waals surface area contributed by atoms with E-state index in [4.69, 9.17) is 4.74 Å². The van der Waals surface area contributed by atoms with Gasteiger partial charge in [-0.3, -0.25) is 0 Å². The lowest BCUT2D eigenvalue weighted by molar-refractivity contribution is 0.199. The predicted molar refractivity (Wildman–Crippen MR) is 82.8 cm³/mol. The minimum atomic E-state index is 0.193. The summed E-state index contributed by atoms with van der Waals surface area (Å²) >= 11 is 0. The molecule has 0 saturated heterocycles. The monoisotopic (exact) mass is 264 g/mol. The average Bonchev–Trinajstić information content (AvgIpc) is 2.43. The van der Waals surface area contributed by atoms with Crippen LogP contribution in [0.5, 0.6) is 0 Å². The molecule has 19 heavy (non-hydrogen) atoms. The molecule has 0 saturated carbocycles. The molecule has 3 nitrogen and oxygen atoms in total. The molecule has 0 bridgehead atoms. The molecule has 1 N–H and O–H groups in total. The van der Waals surface area contributed by atoms with Crippen molar-refractivity contribution in [1.29, 1.82) is 0 Å². The first kappa shape index (κ1) is 16.0. The Kier molecular flexibility index (Phi) is 6.32. The minimum absolute atomic E-state index is 0.193. The highest BCUT2D eigenvalue weighted by Gasteiger charge is 2.21. The molecule has 0 fully saturated rings. The molecule has 1 rings (SSSR count).